The van der Waals surface area contributed by atoms with Gasteiger partial charge in [-0.25, -0.2) is 14.7 Å². The van der Waals surface area contributed by atoms with Crippen molar-refractivity contribution in [3.63, 3.8) is 0 Å². The summed E-state index contributed by atoms with van der Waals surface area (Å²) in [6, 6.07) is 3.67. The number of likely N-dealkylation sites (tertiary alicyclic amines) is 1. The summed E-state index contributed by atoms with van der Waals surface area (Å²) >= 11 is 0. The van der Waals surface area contributed by atoms with Gasteiger partial charge in [0.05, 0.1) is 11.9 Å². The van der Waals surface area contributed by atoms with Gasteiger partial charge < -0.3 is 15.5 Å². The van der Waals surface area contributed by atoms with Crippen LogP contribution >= 0.6 is 0 Å². The van der Waals surface area contributed by atoms with E-state index in [1.54, 1.807) is 25.4 Å². The second kappa shape index (κ2) is 10.3. The molecule has 0 spiro atoms. The standard InChI is InChI=1S/C23H34N8O2/c1-4-29(5-2)16-17-9-6-7-13-30(17)14-12-25-23(33)31-19-15-26-28(3)20(19)22(32)27-18-10-8-11-24-21(18)31/h8,10-11,15,17H,4-7,9,12-14,16H2,1-3H3,(H,25,33)(H,27,32). The van der Waals surface area contributed by atoms with Gasteiger partial charge in [0.15, 0.2) is 11.5 Å². The second-order valence-electron chi connectivity index (χ2n) is 8.57. The number of hydrogen-bond acceptors (Lipinski definition) is 6. The Morgan fingerprint density at radius 1 is 1.30 bits per heavy atom. The molecule has 1 unspecified atom stereocenters. The number of carbonyl (C=O) groups is 2. The van der Waals surface area contributed by atoms with E-state index in [2.05, 4.69) is 44.4 Å². The fraction of sp³-hybridized carbons (Fsp3) is 0.565. The lowest BCUT2D eigenvalue weighted by atomic mass is 10.0. The SMILES string of the molecule is CCN(CC)CC1CCCCN1CCNC(=O)N1c2cnn(C)c2C(=O)Nc2cccnc21. The molecule has 0 saturated carbocycles. The topological polar surface area (TPSA) is 98.6 Å². The van der Waals surface area contributed by atoms with E-state index in [1.165, 1.54) is 35.0 Å². The number of fused-ring (bicyclic) bond motifs is 2. The van der Waals surface area contributed by atoms with E-state index in [4.69, 9.17) is 0 Å². The zero-order valence-corrected chi connectivity index (χ0v) is 19.8. The Kier molecular flexibility index (Phi) is 7.24. The highest BCUT2D eigenvalue weighted by Gasteiger charge is 2.33. The van der Waals surface area contributed by atoms with Crippen LogP contribution in [0.2, 0.25) is 0 Å². The summed E-state index contributed by atoms with van der Waals surface area (Å²) in [6.07, 6.45) is 6.79. The molecule has 3 amide bonds. The Labute approximate surface area is 194 Å². The van der Waals surface area contributed by atoms with Gasteiger partial charge in [0.2, 0.25) is 0 Å². The van der Waals surface area contributed by atoms with Gasteiger partial charge in [0.1, 0.15) is 5.69 Å². The van der Waals surface area contributed by atoms with Gasteiger partial charge in [0.25, 0.3) is 5.91 Å². The van der Waals surface area contributed by atoms with Crippen molar-refractivity contribution in [1.82, 2.24) is 29.9 Å². The van der Waals surface area contributed by atoms with Crippen LogP contribution in [0.15, 0.2) is 24.5 Å². The quantitative estimate of drug-likeness (QED) is 0.667. The maximum Gasteiger partial charge on any atom is 0.327 e. The van der Waals surface area contributed by atoms with Crippen molar-refractivity contribution in [2.75, 3.05) is 49.5 Å². The fourth-order valence-corrected chi connectivity index (χ4v) is 4.75. The van der Waals surface area contributed by atoms with Crippen LogP contribution in [-0.4, -0.2) is 81.8 Å². The molecule has 2 N–H and O–H groups in total. The predicted molar refractivity (Wildman–Crippen MR) is 128 cm³/mol. The molecule has 2 aliphatic heterocycles. The highest BCUT2D eigenvalue weighted by Crippen LogP contribution is 2.35. The molecule has 1 atom stereocenters. The van der Waals surface area contributed by atoms with Crippen molar-refractivity contribution >= 4 is 29.1 Å². The van der Waals surface area contributed by atoms with E-state index >= 15 is 0 Å². The van der Waals surface area contributed by atoms with Gasteiger partial charge in [0, 0.05) is 38.9 Å². The van der Waals surface area contributed by atoms with Gasteiger partial charge in [-0.3, -0.25) is 14.4 Å². The Morgan fingerprint density at radius 2 is 2.12 bits per heavy atom. The Morgan fingerprint density at radius 3 is 2.91 bits per heavy atom. The molecule has 0 aliphatic carbocycles. The Balaban J connectivity index is 1.47. The summed E-state index contributed by atoms with van der Waals surface area (Å²) in [5.74, 6) is 0.0644. The number of nitrogens with one attached hydrogen (secondary N) is 2. The number of piperidine rings is 1. The molecule has 0 radical (unpaired) electrons. The van der Waals surface area contributed by atoms with E-state index in [0.29, 0.717) is 35.5 Å². The number of amides is 3. The van der Waals surface area contributed by atoms with Gasteiger partial charge in [-0.15, -0.1) is 0 Å². The monoisotopic (exact) mass is 454 g/mol. The molecule has 4 heterocycles. The van der Waals surface area contributed by atoms with Crippen LogP contribution < -0.4 is 15.5 Å². The lowest BCUT2D eigenvalue weighted by molar-refractivity contribution is 0.101. The second-order valence-corrected chi connectivity index (χ2v) is 8.57. The minimum absolute atomic E-state index is 0.317. The van der Waals surface area contributed by atoms with Crippen LogP contribution in [0.25, 0.3) is 0 Å². The van der Waals surface area contributed by atoms with Crippen LogP contribution in [0.3, 0.4) is 0 Å². The number of hydrogen-bond donors (Lipinski definition) is 2. The van der Waals surface area contributed by atoms with E-state index in [-0.39, 0.29) is 11.9 Å². The molecule has 0 bridgehead atoms. The van der Waals surface area contributed by atoms with Crippen LogP contribution in [-0.2, 0) is 7.05 Å². The molecule has 33 heavy (non-hydrogen) atoms. The van der Waals surface area contributed by atoms with Crippen molar-refractivity contribution < 1.29 is 9.59 Å². The number of rotatable bonds is 7. The lowest BCUT2D eigenvalue weighted by Gasteiger charge is -2.38. The number of pyridine rings is 1. The first-order valence-electron chi connectivity index (χ1n) is 11.9. The van der Waals surface area contributed by atoms with Crippen LogP contribution in [0.4, 0.5) is 22.0 Å². The van der Waals surface area contributed by atoms with Crippen molar-refractivity contribution in [1.29, 1.82) is 0 Å². The molecule has 1 fully saturated rings. The molecule has 4 rings (SSSR count). The fourth-order valence-electron chi connectivity index (χ4n) is 4.75. The Hall–Kier alpha value is -2.98. The van der Waals surface area contributed by atoms with Crippen molar-refractivity contribution in [3.8, 4) is 0 Å². The first-order chi connectivity index (χ1) is 16.0. The summed E-state index contributed by atoms with van der Waals surface area (Å²) in [4.78, 5) is 36.9. The molecule has 2 aromatic heterocycles. The average molecular weight is 455 g/mol. The molecular weight excluding hydrogens is 420 g/mol. The number of urea groups is 1. The summed E-state index contributed by atoms with van der Waals surface area (Å²) in [5.41, 5.74) is 1.23. The summed E-state index contributed by atoms with van der Waals surface area (Å²) in [5, 5.41) is 10.1. The molecule has 1 saturated heterocycles. The number of carbonyl (C=O) groups excluding carboxylic acids is 2. The largest absolute Gasteiger partial charge is 0.336 e. The minimum atomic E-state index is -0.321. The molecule has 178 valence electrons. The van der Waals surface area contributed by atoms with E-state index in [1.807, 2.05) is 0 Å². The maximum atomic E-state index is 13.4. The predicted octanol–water partition coefficient (Wildman–Crippen LogP) is 2.42. The average Bonchev–Trinajstić information content (AvgIpc) is 3.14. The number of nitrogens with zero attached hydrogens (tertiary/aromatic N) is 6. The molecule has 2 aliphatic rings. The van der Waals surface area contributed by atoms with Gasteiger partial charge in [-0.05, 0) is 44.6 Å². The van der Waals surface area contributed by atoms with E-state index in [9.17, 15) is 9.59 Å². The molecule has 10 nitrogen and oxygen atoms in total. The van der Waals surface area contributed by atoms with Crippen molar-refractivity contribution in [3.05, 3.63) is 30.2 Å². The van der Waals surface area contributed by atoms with Crippen molar-refractivity contribution in [2.24, 2.45) is 7.05 Å². The number of aromatic nitrogens is 3. The third kappa shape index (κ3) is 4.86. The first kappa shape index (κ1) is 23.2. The summed E-state index contributed by atoms with van der Waals surface area (Å²) < 4.78 is 1.47. The molecule has 2 aromatic rings. The Bertz CT molecular complexity index is 987. The zero-order chi connectivity index (χ0) is 23.4. The van der Waals surface area contributed by atoms with Crippen LogP contribution in [0, 0.1) is 0 Å². The van der Waals surface area contributed by atoms with Crippen molar-refractivity contribution in [2.45, 2.75) is 39.2 Å². The van der Waals surface area contributed by atoms with Gasteiger partial charge >= 0.3 is 6.03 Å². The lowest BCUT2D eigenvalue weighted by Crippen LogP contribution is -2.50. The van der Waals surface area contributed by atoms with Crippen LogP contribution in [0.5, 0.6) is 0 Å². The first-order valence-corrected chi connectivity index (χ1v) is 11.9. The molecular formula is C23H34N8O2. The molecule has 0 aromatic carbocycles. The third-order valence-electron chi connectivity index (χ3n) is 6.61. The highest BCUT2D eigenvalue weighted by molar-refractivity contribution is 6.15. The summed E-state index contributed by atoms with van der Waals surface area (Å²) in [7, 11) is 1.68. The van der Waals surface area contributed by atoms with E-state index in [0.717, 1.165) is 32.7 Å². The van der Waals surface area contributed by atoms with Crippen LogP contribution in [0.1, 0.15) is 43.6 Å². The smallest absolute Gasteiger partial charge is 0.327 e. The van der Waals surface area contributed by atoms with Gasteiger partial charge in [-0.2, -0.15) is 5.10 Å². The maximum absolute atomic E-state index is 13.4. The number of anilines is 3. The number of aryl methyl sites for hydroxylation is 1. The van der Waals surface area contributed by atoms with E-state index < -0.39 is 0 Å². The minimum Gasteiger partial charge on any atom is -0.336 e. The highest BCUT2D eigenvalue weighted by atomic mass is 16.2. The molecule has 10 heteroatoms. The summed E-state index contributed by atoms with van der Waals surface area (Å²) in [6.45, 7) is 9.95. The normalized spacial score (nSPS) is 18.5. The van der Waals surface area contributed by atoms with Gasteiger partial charge in [-0.1, -0.05) is 20.3 Å². The third-order valence-corrected chi connectivity index (χ3v) is 6.61. The zero-order valence-electron chi connectivity index (χ0n) is 19.8. The number of likely N-dealkylation sites (N-methyl/N-ethyl adjacent to an activating group) is 1.